The number of para-hydroxylation sites is 3. The maximum absolute atomic E-state index is 13.3. The lowest BCUT2D eigenvalue weighted by atomic mass is 10.0. The van der Waals surface area contributed by atoms with E-state index in [9.17, 15) is 9.59 Å². The molecular formula is C33H40N6O4. The number of hydrazone groups is 1. The van der Waals surface area contributed by atoms with Crippen molar-refractivity contribution in [3.63, 3.8) is 0 Å². The normalized spacial score (nSPS) is 15.1. The Bertz CT molecular complexity index is 1610. The topological polar surface area (TPSA) is 120 Å². The summed E-state index contributed by atoms with van der Waals surface area (Å²) in [7, 11) is 1.58. The summed E-state index contributed by atoms with van der Waals surface area (Å²) < 4.78 is 14.0. The first kappa shape index (κ1) is 30.0. The fourth-order valence-corrected chi connectivity index (χ4v) is 5.46. The Kier molecular flexibility index (Phi) is 9.86. The molecule has 1 aliphatic heterocycles. The molecule has 0 aliphatic carbocycles. The van der Waals surface area contributed by atoms with Gasteiger partial charge in [-0.25, -0.2) is 9.97 Å². The standard InChI is InChI=1S/C33H40N6O4/c1-4-23(40)14-7-6-8-17-27(35-30(41)19-20-39-28-18-12-11-16-26(28)34-29(39)5-2)33-38-37-32(43-33)24-21-22-13-9-10-15-25(22)36-31(24)42-3/h9-13,15-16,18,21,27,32,37H,4-8,14,17,19-20H2,1-3H3,(H,35,41). The summed E-state index contributed by atoms with van der Waals surface area (Å²) >= 11 is 0. The third kappa shape index (κ3) is 7.13. The third-order valence-electron chi connectivity index (χ3n) is 7.81. The van der Waals surface area contributed by atoms with E-state index < -0.39 is 12.3 Å². The molecule has 0 fully saturated rings. The van der Waals surface area contributed by atoms with Crippen molar-refractivity contribution in [2.75, 3.05) is 7.11 Å². The number of ether oxygens (including phenoxy) is 2. The van der Waals surface area contributed by atoms with E-state index in [-0.39, 0.29) is 11.7 Å². The highest BCUT2D eigenvalue weighted by atomic mass is 16.5. The lowest BCUT2D eigenvalue weighted by Gasteiger charge is -2.20. The Morgan fingerprint density at radius 3 is 2.60 bits per heavy atom. The van der Waals surface area contributed by atoms with E-state index in [1.165, 1.54) is 0 Å². The maximum Gasteiger partial charge on any atom is 0.231 e. The van der Waals surface area contributed by atoms with Crippen LogP contribution >= 0.6 is 0 Å². The minimum atomic E-state index is -0.604. The molecule has 10 heteroatoms. The van der Waals surface area contributed by atoms with Gasteiger partial charge in [0.25, 0.3) is 0 Å². The monoisotopic (exact) mass is 584 g/mol. The zero-order valence-electron chi connectivity index (χ0n) is 25.1. The van der Waals surface area contributed by atoms with Gasteiger partial charge >= 0.3 is 0 Å². The molecule has 10 nitrogen and oxygen atoms in total. The second-order valence-corrected chi connectivity index (χ2v) is 10.7. The van der Waals surface area contributed by atoms with Gasteiger partial charge in [0.1, 0.15) is 17.6 Å². The molecule has 0 radical (unpaired) electrons. The third-order valence-corrected chi connectivity index (χ3v) is 7.81. The lowest BCUT2D eigenvalue weighted by molar-refractivity contribution is -0.121. The summed E-state index contributed by atoms with van der Waals surface area (Å²) in [6, 6.07) is 17.4. The van der Waals surface area contributed by atoms with E-state index >= 15 is 0 Å². The molecule has 1 aliphatic rings. The molecule has 5 rings (SSSR count). The van der Waals surface area contributed by atoms with Gasteiger partial charge in [0.2, 0.25) is 23.9 Å². The fourth-order valence-electron chi connectivity index (χ4n) is 5.46. The number of pyridine rings is 1. The number of hydrogen-bond acceptors (Lipinski definition) is 8. The minimum absolute atomic E-state index is 0.0919. The first-order chi connectivity index (χ1) is 21.0. The number of aromatic nitrogens is 3. The van der Waals surface area contributed by atoms with Crippen LogP contribution in [0, 0.1) is 0 Å². The number of Topliss-reactive ketones (excluding diaryl/α,β-unsaturated/α-hetero) is 1. The number of unbranched alkanes of at least 4 members (excludes halogenated alkanes) is 2. The highest BCUT2D eigenvalue weighted by Crippen LogP contribution is 2.31. The van der Waals surface area contributed by atoms with E-state index in [4.69, 9.17) is 14.5 Å². The minimum Gasteiger partial charge on any atom is -0.481 e. The number of hydrogen-bond donors (Lipinski definition) is 2. The summed E-state index contributed by atoms with van der Waals surface area (Å²) in [5.41, 5.74) is 6.58. The van der Waals surface area contributed by atoms with Crippen LogP contribution in [0.15, 0.2) is 59.7 Å². The molecule has 4 aromatic rings. The zero-order valence-corrected chi connectivity index (χ0v) is 25.1. The Hall–Kier alpha value is -4.47. The molecule has 2 atom stereocenters. The van der Waals surface area contributed by atoms with E-state index in [0.717, 1.165) is 59.0 Å². The first-order valence-electron chi connectivity index (χ1n) is 15.2. The quantitative estimate of drug-likeness (QED) is 0.175. The summed E-state index contributed by atoms with van der Waals surface area (Å²) in [4.78, 5) is 34.4. The number of nitrogens with zero attached hydrogens (tertiary/aromatic N) is 4. The number of methoxy groups -OCH3 is 1. The van der Waals surface area contributed by atoms with Crippen molar-refractivity contribution in [1.82, 2.24) is 25.3 Å². The molecule has 0 saturated carbocycles. The second kappa shape index (κ2) is 14.1. The number of amides is 1. The second-order valence-electron chi connectivity index (χ2n) is 10.7. The summed E-state index contributed by atoms with van der Waals surface area (Å²) in [6.45, 7) is 4.49. The van der Waals surface area contributed by atoms with Crippen LogP contribution in [-0.2, 0) is 27.3 Å². The molecule has 43 heavy (non-hydrogen) atoms. The summed E-state index contributed by atoms with van der Waals surface area (Å²) in [5.74, 6) is 2.01. The van der Waals surface area contributed by atoms with Gasteiger partial charge in [-0.15, -0.1) is 5.10 Å². The van der Waals surface area contributed by atoms with Gasteiger partial charge in [0, 0.05) is 37.6 Å². The average molecular weight is 585 g/mol. The van der Waals surface area contributed by atoms with Crippen LogP contribution in [0.25, 0.3) is 21.9 Å². The van der Waals surface area contributed by atoms with Gasteiger partial charge in [0.05, 0.1) is 29.2 Å². The molecule has 2 aromatic heterocycles. The number of imidazole rings is 1. The predicted molar refractivity (Wildman–Crippen MR) is 167 cm³/mol. The number of ketones is 1. The largest absolute Gasteiger partial charge is 0.481 e. The Balaban J connectivity index is 1.27. The van der Waals surface area contributed by atoms with Crippen LogP contribution < -0.4 is 15.5 Å². The van der Waals surface area contributed by atoms with Crippen molar-refractivity contribution in [2.45, 2.75) is 84.0 Å². The summed E-state index contributed by atoms with van der Waals surface area (Å²) in [5, 5.41) is 8.62. The fraction of sp³-hybridized carbons (Fsp3) is 0.424. The van der Waals surface area contributed by atoms with Gasteiger partial charge in [0.15, 0.2) is 0 Å². The zero-order chi connectivity index (χ0) is 30.2. The van der Waals surface area contributed by atoms with E-state index in [1.807, 2.05) is 61.5 Å². The molecule has 0 spiro atoms. The smallest absolute Gasteiger partial charge is 0.231 e. The Morgan fingerprint density at radius 1 is 1.02 bits per heavy atom. The molecule has 3 heterocycles. The van der Waals surface area contributed by atoms with Crippen molar-refractivity contribution in [3.05, 3.63) is 66.0 Å². The molecule has 0 bridgehead atoms. The van der Waals surface area contributed by atoms with E-state index in [0.29, 0.717) is 44.0 Å². The van der Waals surface area contributed by atoms with Crippen molar-refractivity contribution >= 4 is 39.5 Å². The van der Waals surface area contributed by atoms with E-state index in [1.54, 1.807) is 7.11 Å². The van der Waals surface area contributed by atoms with Crippen molar-refractivity contribution in [3.8, 4) is 5.88 Å². The number of carbonyl (C=O) groups is 2. The summed E-state index contributed by atoms with van der Waals surface area (Å²) in [6.07, 6.45) is 4.79. The lowest BCUT2D eigenvalue weighted by Crippen LogP contribution is -2.41. The molecular weight excluding hydrogens is 544 g/mol. The predicted octanol–water partition coefficient (Wildman–Crippen LogP) is 5.59. The van der Waals surface area contributed by atoms with Crippen LogP contribution in [-0.4, -0.2) is 45.3 Å². The van der Waals surface area contributed by atoms with Crippen molar-refractivity contribution < 1.29 is 19.1 Å². The van der Waals surface area contributed by atoms with E-state index in [2.05, 4.69) is 32.3 Å². The SMILES string of the molecule is CCC(=O)CCCCCC(NC(=O)CCn1c(CC)nc2ccccc21)C1=NNC(c2cc3ccccc3nc2OC)O1. The first-order valence-corrected chi connectivity index (χ1v) is 15.2. The number of rotatable bonds is 15. The van der Waals surface area contributed by atoms with Crippen molar-refractivity contribution in [1.29, 1.82) is 0 Å². The number of benzene rings is 2. The average Bonchev–Trinajstić information content (AvgIpc) is 3.67. The Morgan fingerprint density at radius 2 is 1.81 bits per heavy atom. The number of aryl methyl sites for hydroxylation is 2. The van der Waals surface area contributed by atoms with Crippen LogP contribution in [0.3, 0.4) is 0 Å². The van der Waals surface area contributed by atoms with Gasteiger partial charge < -0.3 is 19.4 Å². The molecule has 1 amide bonds. The van der Waals surface area contributed by atoms with Crippen LogP contribution in [0.2, 0.25) is 0 Å². The number of carbonyl (C=O) groups excluding carboxylic acids is 2. The van der Waals surface area contributed by atoms with Crippen molar-refractivity contribution in [2.24, 2.45) is 5.10 Å². The Labute approximate surface area is 251 Å². The van der Waals surface area contributed by atoms with Gasteiger partial charge in [-0.05, 0) is 37.1 Å². The molecule has 2 unspecified atom stereocenters. The molecule has 2 N–H and O–H groups in total. The molecule has 226 valence electrons. The van der Waals surface area contributed by atoms with Gasteiger partial charge in [-0.2, -0.15) is 0 Å². The van der Waals surface area contributed by atoms with Crippen LogP contribution in [0.1, 0.15) is 76.4 Å². The number of fused-ring (bicyclic) bond motifs is 2. The van der Waals surface area contributed by atoms with Crippen LogP contribution in [0.4, 0.5) is 0 Å². The highest BCUT2D eigenvalue weighted by molar-refractivity contribution is 5.88. The molecule has 2 aromatic carbocycles. The van der Waals surface area contributed by atoms with Gasteiger partial charge in [-0.1, -0.05) is 57.0 Å². The maximum atomic E-state index is 13.3. The number of nitrogens with one attached hydrogen (secondary N) is 2. The van der Waals surface area contributed by atoms with Crippen LogP contribution in [0.5, 0.6) is 5.88 Å². The van der Waals surface area contributed by atoms with Gasteiger partial charge in [-0.3, -0.25) is 15.0 Å². The highest BCUT2D eigenvalue weighted by Gasteiger charge is 2.31. The molecule has 0 saturated heterocycles.